The quantitative estimate of drug-likeness (QED) is 0.719. The SMILES string of the molecule is Cc1cc2oc(=O)cc(C[NH+](C)Cc3ccc(Cl)cc3)c2cc1Cl. The lowest BCUT2D eigenvalue weighted by Crippen LogP contribution is -3.06. The van der Waals surface area contributed by atoms with Gasteiger partial charge in [0.15, 0.2) is 0 Å². The number of benzene rings is 2. The summed E-state index contributed by atoms with van der Waals surface area (Å²) in [4.78, 5) is 13.1. The number of fused-ring (bicyclic) bond motifs is 1. The van der Waals surface area contributed by atoms with Crippen molar-refractivity contribution in [2.45, 2.75) is 20.0 Å². The van der Waals surface area contributed by atoms with Crippen LogP contribution in [0.15, 0.2) is 51.7 Å². The molecule has 0 aliphatic heterocycles. The monoisotopic (exact) mass is 362 g/mol. The van der Waals surface area contributed by atoms with Gasteiger partial charge in [-0.1, -0.05) is 35.3 Å². The maximum absolute atomic E-state index is 11.9. The first-order valence-electron chi connectivity index (χ1n) is 7.71. The van der Waals surface area contributed by atoms with Gasteiger partial charge in [-0.15, -0.1) is 0 Å². The van der Waals surface area contributed by atoms with Gasteiger partial charge >= 0.3 is 5.63 Å². The zero-order valence-electron chi connectivity index (χ0n) is 13.5. The smallest absolute Gasteiger partial charge is 0.336 e. The van der Waals surface area contributed by atoms with Gasteiger partial charge < -0.3 is 9.32 Å². The van der Waals surface area contributed by atoms with Crippen molar-refractivity contribution in [3.63, 3.8) is 0 Å². The van der Waals surface area contributed by atoms with Crippen molar-refractivity contribution >= 4 is 34.2 Å². The normalized spacial score (nSPS) is 12.5. The first-order valence-corrected chi connectivity index (χ1v) is 8.46. The van der Waals surface area contributed by atoms with Crippen LogP contribution in [-0.2, 0) is 13.1 Å². The highest BCUT2D eigenvalue weighted by molar-refractivity contribution is 6.32. The van der Waals surface area contributed by atoms with Gasteiger partial charge in [0.2, 0.25) is 0 Å². The zero-order valence-corrected chi connectivity index (χ0v) is 15.0. The van der Waals surface area contributed by atoms with Gasteiger partial charge in [0.1, 0.15) is 18.7 Å². The Morgan fingerprint density at radius 3 is 2.46 bits per heavy atom. The van der Waals surface area contributed by atoms with Gasteiger partial charge in [0, 0.05) is 32.6 Å². The Labute approximate surface area is 150 Å². The second-order valence-corrected chi connectivity index (χ2v) is 6.97. The molecule has 1 unspecified atom stereocenters. The van der Waals surface area contributed by atoms with Crippen molar-refractivity contribution in [1.82, 2.24) is 0 Å². The molecule has 0 fully saturated rings. The lowest BCUT2D eigenvalue weighted by Gasteiger charge is -2.15. The minimum absolute atomic E-state index is 0.335. The summed E-state index contributed by atoms with van der Waals surface area (Å²) in [5.41, 5.74) is 3.27. The fourth-order valence-electron chi connectivity index (χ4n) is 2.83. The van der Waals surface area contributed by atoms with Crippen LogP contribution in [0.5, 0.6) is 0 Å². The topological polar surface area (TPSA) is 34.6 Å². The van der Waals surface area contributed by atoms with Crippen molar-refractivity contribution in [3.8, 4) is 0 Å². The molecule has 0 aliphatic carbocycles. The Bertz CT molecular complexity index is 932. The molecule has 0 aliphatic rings. The molecule has 24 heavy (non-hydrogen) atoms. The Morgan fingerprint density at radius 2 is 1.75 bits per heavy atom. The number of rotatable bonds is 4. The lowest BCUT2D eigenvalue weighted by molar-refractivity contribution is -0.907. The average Bonchev–Trinajstić information content (AvgIpc) is 2.51. The van der Waals surface area contributed by atoms with Crippen LogP contribution < -0.4 is 10.5 Å². The predicted molar refractivity (Wildman–Crippen MR) is 98.0 cm³/mol. The Kier molecular flexibility index (Phi) is 4.95. The molecule has 5 heteroatoms. The largest absolute Gasteiger partial charge is 0.423 e. The summed E-state index contributed by atoms with van der Waals surface area (Å²) in [6.45, 7) is 3.43. The number of quaternary nitrogens is 1. The van der Waals surface area contributed by atoms with E-state index in [-0.39, 0.29) is 5.63 Å². The minimum Gasteiger partial charge on any atom is -0.423 e. The summed E-state index contributed by atoms with van der Waals surface area (Å²) in [7, 11) is 2.09. The third-order valence-corrected chi connectivity index (χ3v) is 4.68. The van der Waals surface area contributed by atoms with Crippen LogP contribution in [0.2, 0.25) is 10.0 Å². The highest BCUT2D eigenvalue weighted by Gasteiger charge is 2.13. The van der Waals surface area contributed by atoms with E-state index in [9.17, 15) is 4.79 Å². The first-order chi connectivity index (χ1) is 11.4. The maximum Gasteiger partial charge on any atom is 0.336 e. The molecule has 0 saturated heterocycles. The van der Waals surface area contributed by atoms with Gasteiger partial charge in [-0.25, -0.2) is 4.79 Å². The highest BCUT2D eigenvalue weighted by Crippen LogP contribution is 2.24. The molecule has 0 spiro atoms. The second kappa shape index (κ2) is 6.98. The third kappa shape index (κ3) is 3.81. The van der Waals surface area contributed by atoms with E-state index < -0.39 is 0 Å². The summed E-state index contributed by atoms with van der Waals surface area (Å²) in [5, 5.41) is 2.29. The van der Waals surface area contributed by atoms with E-state index in [0.29, 0.717) is 17.2 Å². The molecule has 0 amide bonds. The molecule has 1 aromatic heterocycles. The zero-order chi connectivity index (χ0) is 17.3. The molecule has 124 valence electrons. The fraction of sp³-hybridized carbons (Fsp3) is 0.211. The number of halogens is 2. The maximum atomic E-state index is 11.9. The van der Waals surface area contributed by atoms with Crippen molar-refractivity contribution in [3.05, 3.63) is 79.6 Å². The standard InChI is InChI=1S/C19H17Cl2NO2/c1-12-7-18-16(9-17(12)21)14(8-19(23)24-18)11-22(2)10-13-3-5-15(20)6-4-13/h3-9H,10-11H2,1-2H3/p+1. The Morgan fingerprint density at radius 1 is 1.04 bits per heavy atom. The molecule has 1 atom stereocenters. The molecule has 2 aromatic carbocycles. The molecule has 3 rings (SSSR count). The van der Waals surface area contributed by atoms with E-state index in [1.807, 2.05) is 43.3 Å². The molecule has 3 nitrogen and oxygen atoms in total. The molecule has 0 radical (unpaired) electrons. The van der Waals surface area contributed by atoms with Crippen LogP contribution in [0.3, 0.4) is 0 Å². The van der Waals surface area contributed by atoms with Crippen LogP contribution >= 0.6 is 23.2 Å². The van der Waals surface area contributed by atoms with Gasteiger partial charge in [-0.3, -0.25) is 0 Å². The number of aryl methyl sites for hydroxylation is 1. The summed E-state index contributed by atoms with van der Waals surface area (Å²) < 4.78 is 5.31. The summed E-state index contributed by atoms with van der Waals surface area (Å²) in [6, 6.07) is 13.1. The summed E-state index contributed by atoms with van der Waals surface area (Å²) in [6.07, 6.45) is 0. The number of nitrogens with one attached hydrogen (secondary N) is 1. The number of hydrogen-bond donors (Lipinski definition) is 1. The van der Waals surface area contributed by atoms with Crippen LogP contribution in [-0.4, -0.2) is 7.05 Å². The molecule has 3 aromatic rings. The van der Waals surface area contributed by atoms with E-state index in [4.69, 9.17) is 27.6 Å². The van der Waals surface area contributed by atoms with E-state index in [0.717, 1.165) is 28.1 Å². The van der Waals surface area contributed by atoms with Gasteiger partial charge in [-0.05, 0) is 36.8 Å². The fourth-order valence-corrected chi connectivity index (χ4v) is 3.12. The second-order valence-electron chi connectivity index (χ2n) is 6.13. The van der Waals surface area contributed by atoms with Crippen LogP contribution in [0.25, 0.3) is 11.0 Å². The molecule has 1 heterocycles. The predicted octanol–water partition coefficient (Wildman–Crippen LogP) is 3.62. The van der Waals surface area contributed by atoms with Crippen molar-refractivity contribution in [2.24, 2.45) is 0 Å². The van der Waals surface area contributed by atoms with Crippen molar-refractivity contribution in [1.29, 1.82) is 0 Å². The lowest BCUT2D eigenvalue weighted by atomic mass is 10.1. The Hall–Kier alpha value is -1.81. The van der Waals surface area contributed by atoms with E-state index in [1.54, 1.807) is 6.07 Å². The van der Waals surface area contributed by atoms with Crippen LogP contribution in [0.4, 0.5) is 0 Å². The molecule has 0 saturated carbocycles. The summed E-state index contributed by atoms with van der Waals surface area (Å²) in [5.74, 6) is 0. The minimum atomic E-state index is -0.335. The highest BCUT2D eigenvalue weighted by atomic mass is 35.5. The van der Waals surface area contributed by atoms with Crippen LogP contribution in [0.1, 0.15) is 16.7 Å². The molecule has 0 bridgehead atoms. The first kappa shape index (κ1) is 17.0. The van der Waals surface area contributed by atoms with Crippen molar-refractivity contribution < 1.29 is 9.32 Å². The number of hydrogen-bond acceptors (Lipinski definition) is 2. The molecule has 1 N–H and O–H groups in total. The van der Waals surface area contributed by atoms with Crippen molar-refractivity contribution in [2.75, 3.05) is 7.05 Å². The summed E-state index contributed by atoms with van der Waals surface area (Å²) >= 11 is 12.2. The third-order valence-electron chi connectivity index (χ3n) is 4.02. The van der Waals surface area contributed by atoms with Gasteiger partial charge in [0.05, 0.1) is 7.05 Å². The van der Waals surface area contributed by atoms with Gasteiger partial charge in [0.25, 0.3) is 0 Å². The van der Waals surface area contributed by atoms with E-state index >= 15 is 0 Å². The van der Waals surface area contributed by atoms with Gasteiger partial charge in [-0.2, -0.15) is 0 Å². The Balaban J connectivity index is 1.90. The molecular formula is C19H18Cl2NO2+. The average molecular weight is 363 g/mol. The van der Waals surface area contributed by atoms with E-state index in [2.05, 4.69) is 7.05 Å². The van der Waals surface area contributed by atoms with E-state index in [1.165, 1.54) is 10.5 Å². The van der Waals surface area contributed by atoms with Crippen LogP contribution in [0, 0.1) is 6.92 Å². The molecular weight excluding hydrogens is 345 g/mol.